The Bertz CT molecular complexity index is 560. The van der Waals surface area contributed by atoms with Gasteiger partial charge in [-0.3, -0.25) is 9.80 Å². The summed E-state index contributed by atoms with van der Waals surface area (Å²) in [6.45, 7) is 9.52. The van der Waals surface area contributed by atoms with E-state index in [9.17, 15) is 5.11 Å². The van der Waals surface area contributed by atoms with Crippen LogP contribution in [0.15, 0.2) is 30.3 Å². The number of aliphatic hydroxyl groups excluding tert-OH is 1. The lowest BCUT2D eigenvalue weighted by molar-refractivity contribution is 0.00559. The van der Waals surface area contributed by atoms with E-state index in [1.165, 1.54) is 89.0 Å². The summed E-state index contributed by atoms with van der Waals surface area (Å²) in [6, 6.07) is 10.7. The lowest BCUT2D eigenvalue weighted by Crippen LogP contribution is -2.48. The second-order valence-corrected chi connectivity index (χ2v) is 10.4. The zero-order valence-electron chi connectivity index (χ0n) is 22.3. The second-order valence-electron chi connectivity index (χ2n) is 10.4. The van der Waals surface area contributed by atoms with Gasteiger partial charge >= 0.3 is 0 Å². The lowest BCUT2D eigenvalue weighted by atomic mass is 10.0. The Hall–Kier alpha value is -0.940. The van der Waals surface area contributed by atoms with Crippen molar-refractivity contribution in [3.05, 3.63) is 35.9 Å². The van der Waals surface area contributed by atoms with E-state index >= 15 is 0 Å². The molecule has 1 heterocycles. The second kappa shape index (κ2) is 20.3. The molecule has 0 spiro atoms. The summed E-state index contributed by atoms with van der Waals surface area (Å²) in [6.07, 6.45) is 18.9. The van der Waals surface area contributed by atoms with Crippen LogP contribution in [0.2, 0.25) is 0 Å². The molecule has 1 saturated heterocycles. The highest BCUT2D eigenvalue weighted by Crippen LogP contribution is 2.13. The molecule has 0 aromatic heterocycles. The van der Waals surface area contributed by atoms with Crippen LogP contribution in [-0.4, -0.2) is 66.9 Å². The third-order valence-electron chi connectivity index (χ3n) is 7.14. The maximum absolute atomic E-state index is 10.3. The van der Waals surface area contributed by atoms with Gasteiger partial charge in [0.15, 0.2) is 0 Å². The summed E-state index contributed by atoms with van der Waals surface area (Å²) in [4.78, 5) is 4.88. The zero-order valence-corrected chi connectivity index (χ0v) is 22.3. The average Bonchev–Trinajstić information content (AvgIpc) is 2.85. The van der Waals surface area contributed by atoms with Gasteiger partial charge in [0.25, 0.3) is 0 Å². The van der Waals surface area contributed by atoms with Gasteiger partial charge in [0, 0.05) is 45.9 Å². The number of hydrogen-bond acceptors (Lipinski definition) is 4. The van der Waals surface area contributed by atoms with Gasteiger partial charge in [0.1, 0.15) is 0 Å². The van der Waals surface area contributed by atoms with E-state index < -0.39 is 0 Å². The minimum Gasteiger partial charge on any atom is -0.389 e. The van der Waals surface area contributed by atoms with E-state index in [1.54, 1.807) is 0 Å². The first-order valence-electron chi connectivity index (χ1n) is 14.5. The fourth-order valence-electron chi connectivity index (χ4n) is 4.94. The number of hydrogen-bond donors (Lipinski definition) is 1. The molecule has 1 unspecified atom stereocenters. The van der Waals surface area contributed by atoms with Crippen LogP contribution in [0.25, 0.3) is 0 Å². The molecule has 34 heavy (non-hydrogen) atoms. The predicted molar refractivity (Wildman–Crippen MR) is 145 cm³/mol. The van der Waals surface area contributed by atoms with Crippen molar-refractivity contribution in [3.8, 4) is 0 Å². The van der Waals surface area contributed by atoms with Gasteiger partial charge in [-0.1, -0.05) is 121 Å². The number of aliphatic hydroxyl groups is 1. The Kier molecular flexibility index (Phi) is 17.5. The summed E-state index contributed by atoms with van der Waals surface area (Å²) < 4.78 is 5.76. The van der Waals surface area contributed by atoms with Crippen molar-refractivity contribution in [2.45, 2.75) is 109 Å². The monoisotopic (exact) mass is 474 g/mol. The van der Waals surface area contributed by atoms with E-state index in [-0.39, 0.29) is 6.10 Å². The average molecular weight is 475 g/mol. The maximum Gasteiger partial charge on any atom is 0.0900 e. The first-order chi connectivity index (χ1) is 16.8. The Morgan fingerprint density at radius 3 is 1.76 bits per heavy atom. The van der Waals surface area contributed by atoms with Crippen molar-refractivity contribution in [1.29, 1.82) is 0 Å². The zero-order chi connectivity index (χ0) is 24.1. The standard InChI is InChI=1S/C30H54N2O2/c1-2-3-4-5-6-7-8-9-10-11-12-13-14-18-25-34-28-30(33)27-32-23-21-31(22-24-32)26-29-19-16-15-17-20-29/h15-17,19-20,30,33H,2-14,18,21-28H2,1H3. The van der Waals surface area contributed by atoms with Crippen LogP contribution in [0.3, 0.4) is 0 Å². The number of benzene rings is 1. The summed E-state index contributed by atoms with van der Waals surface area (Å²) in [5, 5.41) is 10.3. The van der Waals surface area contributed by atoms with Gasteiger partial charge in [-0.05, 0) is 12.0 Å². The topological polar surface area (TPSA) is 35.9 Å². The first kappa shape index (κ1) is 29.3. The molecule has 1 aromatic carbocycles. The molecule has 4 heteroatoms. The summed E-state index contributed by atoms with van der Waals surface area (Å²) in [5.41, 5.74) is 1.38. The number of ether oxygens (including phenoxy) is 1. The third kappa shape index (κ3) is 15.1. The molecule has 0 saturated carbocycles. The van der Waals surface area contributed by atoms with Crippen LogP contribution in [0.5, 0.6) is 0 Å². The van der Waals surface area contributed by atoms with Crippen molar-refractivity contribution in [2.24, 2.45) is 0 Å². The minimum absolute atomic E-state index is 0.368. The molecular formula is C30H54N2O2. The number of unbranched alkanes of at least 4 members (excludes halogenated alkanes) is 13. The van der Waals surface area contributed by atoms with E-state index in [1.807, 2.05) is 0 Å². The molecular weight excluding hydrogens is 420 g/mol. The van der Waals surface area contributed by atoms with Crippen LogP contribution >= 0.6 is 0 Å². The van der Waals surface area contributed by atoms with Gasteiger partial charge in [-0.15, -0.1) is 0 Å². The number of rotatable bonds is 21. The number of nitrogens with zero attached hydrogens (tertiary/aromatic N) is 2. The number of piperazine rings is 1. The van der Waals surface area contributed by atoms with Crippen LogP contribution in [0.4, 0.5) is 0 Å². The molecule has 196 valence electrons. The Balaban J connectivity index is 1.32. The number of β-amino-alcohol motifs (C(OH)–C–C–N with tert-alkyl or cyclic N) is 1. The van der Waals surface area contributed by atoms with Gasteiger partial charge in [0.2, 0.25) is 0 Å². The highest BCUT2D eigenvalue weighted by atomic mass is 16.5. The molecule has 4 nitrogen and oxygen atoms in total. The Labute approximate surface area is 211 Å². The maximum atomic E-state index is 10.3. The fourth-order valence-corrected chi connectivity index (χ4v) is 4.94. The molecule has 1 aliphatic rings. The van der Waals surface area contributed by atoms with Crippen molar-refractivity contribution in [2.75, 3.05) is 45.9 Å². The van der Waals surface area contributed by atoms with Gasteiger partial charge in [-0.2, -0.15) is 0 Å². The van der Waals surface area contributed by atoms with E-state index in [4.69, 9.17) is 4.74 Å². The highest BCUT2D eigenvalue weighted by molar-refractivity contribution is 5.14. The SMILES string of the molecule is CCCCCCCCCCCCCCCCOCC(O)CN1CCN(Cc2ccccc2)CC1. The molecule has 1 aliphatic heterocycles. The van der Waals surface area contributed by atoms with Gasteiger partial charge in [-0.25, -0.2) is 0 Å². The van der Waals surface area contributed by atoms with Crippen molar-refractivity contribution < 1.29 is 9.84 Å². The van der Waals surface area contributed by atoms with Crippen molar-refractivity contribution >= 4 is 0 Å². The van der Waals surface area contributed by atoms with E-state index in [0.717, 1.165) is 52.3 Å². The normalized spacial score (nSPS) is 16.2. The molecule has 0 bridgehead atoms. The third-order valence-corrected chi connectivity index (χ3v) is 7.14. The fraction of sp³-hybridized carbons (Fsp3) is 0.800. The highest BCUT2D eigenvalue weighted by Gasteiger charge is 2.19. The molecule has 1 N–H and O–H groups in total. The van der Waals surface area contributed by atoms with Gasteiger partial charge < -0.3 is 9.84 Å². The lowest BCUT2D eigenvalue weighted by Gasteiger charge is -2.35. The first-order valence-corrected chi connectivity index (χ1v) is 14.5. The molecule has 0 aliphatic carbocycles. The molecule has 0 amide bonds. The van der Waals surface area contributed by atoms with Crippen LogP contribution in [0, 0.1) is 0 Å². The van der Waals surface area contributed by atoms with Crippen LogP contribution in [0.1, 0.15) is 102 Å². The summed E-state index contributed by atoms with van der Waals surface area (Å²) in [7, 11) is 0. The van der Waals surface area contributed by atoms with E-state index in [2.05, 4.69) is 47.1 Å². The molecule has 1 aromatic rings. The van der Waals surface area contributed by atoms with Crippen LogP contribution in [-0.2, 0) is 11.3 Å². The molecule has 1 atom stereocenters. The van der Waals surface area contributed by atoms with Gasteiger partial charge in [0.05, 0.1) is 12.7 Å². The van der Waals surface area contributed by atoms with Crippen molar-refractivity contribution in [1.82, 2.24) is 9.80 Å². The Morgan fingerprint density at radius 1 is 0.706 bits per heavy atom. The smallest absolute Gasteiger partial charge is 0.0900 e. The molecule has 2 rings (SSSR count). The summed E-state index contributed by atoms with van der Waals surface area (Å²) >= 11 is 0. The van der Waals surface area contributed by atoms with Crippen LogP contribution < -0.4 is 0 Å². The largest absolute Gasteiger partial charge is 0.389 e. The predicted octanol–water partition coefficient (Wildman–Crippen LogP) is 6.66. The molecule has 0 radical (unpaired) electrons. The Morgan fingerprint density at radius 2 is 1.21 bits per heavy atom. The minimum atomic E-state index is -0.368. The molecule has 1 fully saturated rings. The van der Waals surface area contributed by atoms with E-state index in [0.29, 0.717) is 6.61 Å². The van der Waals surface area contributed by atoms with Crippen molar-refractivity contribution in [3.63, 3.8) is 0 Å². The quantitative estimate of drug-likeness (QED) is 0.202. The summed E-state index contributed by atoms with van der Waals surface area (Å²) in [5.74, 6) is 0.